The van der Waals surface area contributed by atoms with Crippen LogP contribution in [0.15, 0.2) is 24.3 Å². The predicted octanol–water partition coefficient (Wildman–Crippen LogP) is 1.12. The third kappa shape index (κ3) is 2.28. The van der Waals surface area contributed by atoms with Gasteiger partial charge in [0.15, 0.2) is 11.5 Å². The standard InChI is InChI=1S/C12H10O5/c13-4-3-9(12(14)15)8-1-2-10-11(7-8)17-6-5-16-10/h1-4,7H,5-6H2,(H,14,15). The van der Waals surface area contributed by atoms with Gasteiger partial charge in [0, 0.05) is 0 Å². The lowest BCUT2D eigenvalue weighted by molar-refractivity contribution is -0.130. The molecule has 0 saturated heterocycles. The third-order valence-corrected chi connectivity index (χ3v) is 2.32. The number of aldehydes is 1. The van der Waals surface area contributed by atoms with Crippen LogP contribution in [-0.4, -0.2) is 30.6 Å². The first kappa shape index (κ1) is 11.2. The average molecular weight is 234 g/mol. The summed E-state index contributed by atoms with van der Waals surface area (Å²) < 4.78 is 10.7. The first-order valence-corrected chi connectivity index (χ1v) is 5.01. The van der Waals surface area contributed by atoms with E-state index >= 15 is 0 Å². The zero-order valence-corrected chi connectivity index (χ0v) is 8.88. The van der Waals surface area contributed by atoms with E-state index in [0.29, 0.717) is 36.6 Å². The Labute approximate surface area is 97.3 Å². The summed E-state index contributed by atoms with van der Waals surface area (Å²) in [6.45, 7) is 0.901. The van der Waals surface area contributed by atoms with Crippen LogP contribution in [0.2, 0.25) is 0 Å². The largest absolute Gasteiger partial charge is 0.486 e. The minimum Gasteiger partial charge on any atom is -0.486 e. The molecule has 1 N–H and O–H groups in total. The zero-order valence-electron chi connectivity index (χ0n) is 8.88. The second kappa shape index (κ2) is 4.69. The summed E-state index contributed by atoms with van der Waals surface area (Å²) in [6, 6.07) is 4.76. The Morgan fingerprint density at radius 3 is 2.59 bits per heavy atom. The minimum absolute atomic E-state index is 0.0722. The van der Waals surface area contributed by atoms with Crippen molar-refractivity contribution < 1.29 is 24.2 Å². The maximum atomic E-state index is 11.0. The first-order chi connectivity index (χ1) is 8.22. The number of benzene rings is 1. The number of hydrogen-bond donors (Lipinski definition) is 1. The van der Waals surface area contributed by atoms with Gasteiger partial charge in [-0.2, -0.15) is 0 Å². The molecular weight excluding hydrogens is 224 g/mol. The van der Waals surface area contributed by atoms with E-state index in [9.17, 15) is 9.59 Å². The van der Waals surface area contributed by atoms with Crippen LogP contribution in [-0.2, 0) is 9.59 Å². The summed E-state index contributed by atoms with van der Waals surface area (Å²) in [7, 11) is 0. The van der Waals surface area contributed by atoms with Gasteiger partial charge < -0.3 is 14.6 Å². The monoisotopic (exact) mass is 234 g/mol. The van der Waals surface area contributed by atoms with Crippen molar-refractivity contribution in [1.29, 1.82) is 0 Å². The van der Waals surface area contributed by atoms with E-state index in [1.807, 2.05) is 0 Å². The van der Waals surface area contributed by atoms with Crippen LogP contribution in [0.3, 0.4) is 0 Å². The smallest absolute Gasteiger partial charge is 0.336 e. The highest BCUT2D eigenvalue weighted by molar-refractivity contribution is 6.18. The number of aliphatic carboxylic acids is 1. The first-order valence-electron chi connectivity index (χ1n) is 5.01. The number of carboxylic acids is 1. The van der Waals surface area contributed by atoms with Crippen LogP contribution < -0.4 is 9.47 Å². The molecule has 0 bridgehead atoms. The molecule has 2 rings (SSSR count). The molecule has 1 aromatic carbocycles. The Morgan fingerprint density at radius 2 is 1.94 bits per heavy atom. The molecule has 0 unspecified atom stereocenters. The van der Waals surface area contributed by atoms with Crippen molar-refractivity contribution >= 4 is 17.8 Å². The number of carboxylic acid groups (broad SMARTS) is 1. The number of rotatable bonds is 3. The Kier molecular flexibility index (Phi) is 3.09. The van der Waals surface area contributed by atoms with Gasteiger partial charge in [-0.3, -0.25) is 4.79 Å². The van der Waals surface area contributed by atoms with Crippen molar-refractivity contribution in [3.63, 3.8) is 0 Å². The van der Waals surface area contributed by atoms with E-state index in [0.717, 1.165) is 6.08 Å². The Hall–Kier alpha value is -2.30. The predicted molar refractivity (Wildman–Crippen MR) is 59.1 cm³/mol. The number of carbonyl (C=O) groups is 2. The topological polar surface area (TPSA) is 72.8 Å². The van der Waals surface area contributed by atoms with Gasteiger partial charge in [0.05, 0.1) is 5.57 Å². The van der Waals surface area contributed by atoms with Crippen LogP contribution in [0.25, 0.3) is 5.57 Å². The SMILES string of the molecule is O=CC=C(C(=O)O)c1ccc2c(c1)OCCO2. The Balaban J connectivity index is 2.42. The number of allylic oxidation sites excluding steroid dienone is 1. The molecule has 0 fully saturated rings. The normalized spacial score (nSPS) is 14.2. The lowest BCUT2D eigenvalue weighted by atomic mass is 10.1. The van der Waals surface area contributed by atoms with Gasteiger partial charge in [0.2, 0.25) is 0 Å². The third-order valence-electron chi connectivity index (χ3n) is 2.32. The molecule has 1 aromatic rings. The highest BCUT2D eigenvalue weighted by Gasteiger charge is 2.16. The molecule has 0 amide bonds. The highest BCUT2D eigenvalue weighted by Crippen LogP contribution is 2.32. The summed E-state index contributed by atoms with van der Waals surface area (Å²) in [4.78, 5) is 21.3. The number of hydrogen-bond acceptors (Lipinski definition) is 4. The maximum absolute atomic E-state index is 11.0. The number of ether oxygens (including phenoxy) is 2. The van der Waals surface area contributed by atoms with Crippen molar-refractivity contribution in [2.75, 3.05) is 13.2 Å². The fourth-order valence-electron chi connectivity index (χ4n) is 1.57. The number of carbonyl (C=O) groups excluding carboxylic acids is 1. The Morgan fingerprint density at radius 1 is 1.24 bits per heavy atom. The molecule has 0 aromatic heterocycles. The molecule has 0 atom stereocenters. The van der Waals surface area contributed by atoms with E-state index in [-0.39, 0.29) is 5.57 Å². The van der Waals surface area contributed by atoms with Gasteiger partial charge in [-0.15, -0.1) is 0 Å². The molecule has 0 aliphatic carbocycles. The van der Waals surface area contributed by atoms with Gasteiger partial charge in [0.25, 0.3) is 0 Å². The van der Waals surface area contributed by atoms with E-state index in [2.05, 4.69) is 0 Å². The molecule has 88 valence electrons. The quantitative estimate of drug-likeness (QED) is 0.626. The zero-order chi connectivity index (χ0) is 12.3. The summed E-state index contributed by atoms with van der Waals surface area (Å²) in [5.41, 5.74) is 0.339. The summed E-state index contributed by atoms with van der Waals surface area (Å²) in [6.07, 6.45) is 1.45. The number of fused-ring (bicyclic) bond motifs is 1. The molecule has 1 aliphatic rings. The van der Waals surface area contributed by atoms with Gasteiger partial charge in [-0.1, -0.05) is 6.07 Å². The second-order valence-corrected chi connectivity index (χ2v) is 3.38. The van der Waals surface area contributed by atoms with Crippen molar-refractivity contribution in [2.45, 2.75) is 0 Å². The molecule has 0 radical (unpaired) electrons. The molecule has 17 heavy (non-hydrogen) atoms. The fraction of sp³-hybridized carbons (Fsp3) is 0.167. The van der Waals surface area contributed by atoms with Gasteiger partial charge in [0.1, 0.15) is 19.5 Å². The van der Waals surface area contributed by atoms with Crippen LogP contribution in [0.1, 0.15) is 5.56 Å². The maximum Gasteiger partial charge on any atom is 0.336 e. The van der Waals surface area contributed by atoms with Crippen molar-refractivity contribution in [2.24, 2.45) is 0 Å². The van der Waals surface area contributed by atoms with Crippen molar-refractivity contribution in [3.8, 4) is 11.5 Å². The van der Waals surface area contributed by atoms with E-state index in [1.165, 1.54) is 0 Å². The second-order valence-electron chi connectivity index (χ2n) is 3.38. The molecular formula is C12H10O5. The van der Waals surface area contributed by atoms with Crippen molar-refractivity contribution in [1.82, 2.24) is 0 Å². The molecule has 1 heterocycles. The van der Waals surface area contributed by atoms with Gasteiger partial charge in [-0.05, 0) is 23.8 Å². The Bertz CT molecular complexity index is 490. The van der Waals surface area contributed by atoms with E-state index in [1.54, 1.807) is 18.2 Å². The van der Waals surface area contributed by atoms with Gasteiger partial charge >= 0.3 is 5.97 Å². The van der Waals surface area contributed by atoms with Crippen LogP contribution in [0, 0.1) is 0 Å². The van der Waals surface area contributed by atoms with E-state index in [4.69, 9.17) is 14.6 Å². The fourth-order valence-corrected chi connectivity index (χ4v) is 1.57. The molecule has 0 saturated carbocycles. The molecule has 1 aliphatic heterocycles. The average Bonchev–Trinajstić information content (AvgIpc) is 2.35. The van der Waals surface area contributed by atoms with Crippen molar-refractivity contribution in [3.05, 3.63) is 29.8 Å². The lowest BCUT2D eigenvalue weighted by Gasteiger charge is -2.18. The van der Waals surface area contributed by atoms with Crippen LogP contribution in [0.4, 0.5) is 0 Å². The van der Waals surface area contributed by atoms with Gasteiger partial charge in [-0.25, -0.2) is 4.79 Å². The lowest BCUT2D eigenvalue weighted by Crippen LogP contribution is -2.15. The highest BCUT2D eigenvalue weighted by atomic mass is 16.6. The van der Waals surface area contributed by atoms with E-state index < -0.39 is 5.97 Å². The minimum atomic E-state index is -1.16. The molecule has 5 nitrogen and oxygen atoms in total. The summed E-state index contributed by atoms with van der Waals surface area (Å²) >= 11 is 0. The summed E-state index contributed by atoms with van der Waals surface area (Å²) in [5, 5.41) is 8.96. The molecule has 0 spiro atoms. The van der Waals surface area contributed by atoms with Crippen LogP contribution >= 0.6 is 0 Å². The molecule has 5 heteroatoms. The summed E-state index contributed by atoms with van der Waals surface area (Å²) in [5.74, 6) is -0.0866. The van der Waals surface area contributed by atoms with Crippen LogP contribution in [0.5, 0.6) is 11.5 Å².